The first-order chi connectivity index (χ1) is 7.68. The standard InChI is InChI=1S/C13H27NOS/c1-4-16-10-7-13(11-14-12(2)3)5-8-15-9-6-13/h12,14H,4-11H2,1-3H3. The summed E-state index contributed by atoms with van der Waals surface area (Å²) >= 11 is 2.07. The van der Waals surface area contributed by atoms with Crippen molar-refractivity contribution in [3.05, 3.63) is 0 Å². The minimum absolute atomic E-state index is 0.505. The number of ether oxygens (including phenoxy) is 1. The van der Waals surface area contributed by atoms with Gasteiger partial charge in [-0.3, -0.25) is 0 Å². The van der Waals surface area contributed by atoms with Gasteiger partial charge in [-0.15, -0.1) is 0 Å². The monoisotopic (exact) mass is 245 g/mol. The first-order valence-corrected chi connectivity index (χ1v) is 7.73. The molecule has 1 heterocycles. The van der Waals surface area contributed by atoms with Gasteiger partial charge in [-0.25, -0.2) is 0 Å². The summed E-state index contributed by atoms with van der Waals surface area (Å²) < 4.78 is 5.50. The molecule has 1 fully saturated rings. The van der Waals surface area contributed by atoms with Gasteiger partial charge in [0.2, 0.25) is 0 Å². The van der Waals surface area contributed by atoms with Crippen molar-refractivity contribution in [1.82, 2.24) is 5.32 Å². The second-order valence-electron chi connectivity index (χ2n) is 5.09. The lowest BCUT2D eigenvalue weighted by Gasteiger charge is -2.38. The zero-order valence-electron chi connectivity index (χ0n) is 11.1. The number of rotatable bonds is 7. The van der Waals surface area contributed by atoms with Crippen LogP contribution in [0.2, 0.25) is 0 Å². The van der Waals surface area contributed by atoms with Gasteiger partial charge in [0.15, 0.2) is 0 Å². The molecule has 1 aliphatic heterocycles. The normalized spacial score (nSPS) is 20.2. The van der Waals surface area contributed by atoms with Gasteiger partial charge >= 0.3 is 0 Å². The van der Waals surface area contributed by atoms with Crippen molar-refractivity contribution in [3.8, 4) is 0 Å². The largest absolute Gasteiger partial charge is 0.381 e. The lowest BCUT2D eigenvalue weighted by atomic mass is 9.77. The van der Waals surface area contributed by atoms with Crippen molar-refractivity contribution in [2.75, 3.05) is 31.3 Å². The van der Waals surface area contributed by atoms with E-state index in [1.54, 1.807) is 0 Å². The molecule has 0 saturated carbocycles. The molecule has 0 amide bonds. The molecule has 1 N–H and O–H groups in total. The van der Waals surface area contributed by atoms with E-state index >= 15 is 0 Å². The maximum atomic E-state index is 5.50. The van der Waals surface area contributed by atoms with Crippen LogP contribution in [-0.2, 0) is 4.74 Å². The Morgan fingerprint density at radius 2 is 2.00 bits per heavy atom. The highest BCUT2D eigenvalue weighted by Crippen LogP contribution is 2.34. The molecule has 0 aromatic rings. The molecular formula is C13H27NOS. The van der Waals surface area contributed by atoms with Crippen LogP contribution in [0.25, 0.3) is 0 Å². The van der Waals surface area contributed by atoms with Gasteiger partial charge in [0.05, 0.1) is 0 Å². The fraction of sp³-hybridized carbons (Fsp3) is 1.00. The van der Waals surface area contributed by atoms with Crippen LogP contribution in [0.5, 0.6) is 0 Å². The summed E-state index contributed by atoms with van der Waals surface area (Å²) in [6, 6.07) is 0.596. The molecule has 0 aliphatic carbocycles. The van der Waals surface area contributed by atoms with Crippen molar-refractivity contribution in [2.45, 2.75) is 46.1 Å². The summed E-state index contributed by atoms with van der Waals surface area (Å²) in [6.07, 6.45) is 3.81. The Bertz CT molecular complexity index is 179. The highest BCUT2D eigenvalue weighted by molar-refractivity contribution is 7.99. The number of thioether (sulfide) groups is 1. The fourth-order valence-electron chi connectivity index (χ4n) is 2.17. The van der Waals surface area contributed by atoms with E-state index in [4.69, 9.17) is 4.74 Å². The van der Waals surface area contributed by atoms with E-state index in [9.17, 15) is 0 Å². The van der Waals surface area contributed by atoms with Crippen LogP contribution in [0, 0.1) is 5.41 Å². The van der Waals surface area contributed by atoms with Crippen LogP contribution in [0.4, 0.5) is 0 Å². The smallest absolute Gasteiger partial charge is 0.0471 e. The fourth-order valence-corrected chi connectivity index (χ4v) is 3.04. The van der Waals surface area contributed by atoms with Crippen molar-refractivity contribution >= 4 is 11.8 Å². The van der Waals surface area contributed by atoms with E-state index in [0.29, 0.717) is 11.5 Å². The lowest BCUT2D eigenvalue weighted by Crippen LogP contribution is -2.41. The van der Waals surface area contributed by atoms with Crippen LogP contribution in [-0.4, -0.2) is 37.3 Å². The average molecular weight is 245 g/mol. The molecule has 0 atom stereocenters. The summed E-state index contributed by atoms with van der Waals surface area (Å²) in [7, 11) is 0. The molecule has 1 rings (SSSR count). The molecule has 1 aliphatic rings. The quantitative estimate of drug-likeness (QED) is 0.697. The Kier molecular flexibility index (Phi) is 6.78. The van der Waals surface area contributed by atoms with Gasteiger partial charge in [-0.2, -0.15) is 11.8 Å². The van der Waals surface area contributed by atoms with E-state index in [2.05, 4.69) is 37.8 Å². The van der Waals surface area contributed by atoms with Crippen molar-refractivity contribution in [1.29, 1.82) is 0 Å². The molecule has 2 nitrogen and oxygen atoms in total. The predicted octanol–water partition coefficient (Wildman–Crippen LogP) is 2.92. The minimum Gasteiger partial charge on any atom is -0.381 e. The Balaban J connectivity index is 2.39. The Hall–Kier alpha value is 0.270. The Morgan fingerprint density at radius 1 is 1.31 bits per heavy atom. The highest BCUT2D eigenvalue weighted by atomic mass is 32.2. The Morgan fingerprint density at radius 3 is 2.56 bits per heavy atom. The summed E-state index contributed by atoms with van der Waals surface area (Å²) in [5, 5.41) is 3.62. The predicted molar refractivity (Wildman–Crippen MR) is 73.2 cm³/mol. The van der Waals surface area contributed by atoms with Gasteiger partial charge in [-0.05, 0) is 36.2 Å². The van der Waals surface area contributed by atoms with Gasteiger partial charge in [0, 0.05) is 25.8 Å². The van der Waals surface area contributed by atoms with E-state index in [1.807, 2.05) is 0 Å². The molecule has 0 spiro atoms. The first-order valence-electron chi connectivity index (χ1n) is 6.57. The minimum atomic E-state index is 0.505. The third-order valence-electron chi connectivity index (χ3n) is 3.42. The highest BCUT2D eigenvalue weighted by Gasteiger charge is 2.31. The third kappa shape index (κ3) is 5.07. The molecule has 1 saturated heterocycles. The summed E-state index contributed by atoms with van der Waals surface area (Å²) in [6.45, 7) is 9.78. The average Bonchev–Trinajstić information content (AvgIpc) is 2.28. The van der Waals surface area contributed by atoms with Crippen molar-refractivity contribution in [3.63, 3.8) is 0 Å². The number of nitrogens with one attached hydrogen (secondary N) is 1. The molecule has 96 valence electrons. The molecule has 16 heavy (non-hydrogen) atoms. The third-order valence-corrected chi connectivity index (χ3v) is 4.32. The van der Waals surface area contributed by atoms with Gasteiger partial charge in [-0.1, -0.05) is 20.8 Å². The van der Waals surface area contributed by atoms with E-state index in [1.165, 1.54) is 30.8 Å². The maximum absolute atomic E-state index is 5.50. The van der Waals surface area contributed by atoms with Crippen LogP contribution < -0.4 is 5.32 Å². The van der Waals surface area contributed by atoms with Crippen molar-refractivity contribution in [2.24, 2.45) is 5.41 Å². The van der Waals surface area contributed by atoms with Gasteiger partial charge < -0.3 is 10.1 Å². The van der Waals surface area contributed by atoms with Gasteiger partial charge in [0.1, 0.15) is 0 Å². The number of hydrogen-bond acceptors (Lipinski definition) is 3. The summed E-state index contributed by atoms with van der Waals surface area (Å²) in [5.41, 5.74) is 0.505. The Labute approximate surface area is 105 Å². The van der Waals surface area contributed by atoms with E-state index in [-0.39, 0.29) is 0 Å². The second kappa shape index (κ2) is 7.57. The molecule has 0 bridgehead atoms. The SMILES string of the molecule is CCSCCC1(CNC(C)C)CCOCC1. The molecule has 3 heteroatoms. The molecule has 0 aromatic heterocycles. The van der Waals surface area contributed by atoms with Crippen LogP contribution in [0.15, 0.2) is 0 Å². The summed E-state index contributed by atoms with van der Waals surface area (Å²) in [4.78, 5) is 0. The number of hydrogen-bond donors (Lipinski definition) is 1. The topological polar surface area (TPSA) is 21.3 Å². The molecule has 0 radical (unpaired) electrons. The zero-order chi connectivity index (χ0) is 11.9. The molecule has 0 aromatic carbocycles. The van der Waals surface area contributed by atoms with E-state index < -0.39 is 0 Å². The van der Waals surface area contributed by atoms with Crippen molar-refractivity contribution < 1.29 is 4.74 Å². The lowest BCUT2D eigenvalue weighted by molar-refractivity contribution is 0.0126. The zero-order valence-corrected chi connectivity index (χ0v) is 11.9. The molecule has 0 unspecified atom stereocenters. The van der Waals surface area contributed by atoms with Crippen LogP contribution in [0.1, 0.15) is 40.0 Å². The molecular weight excluding hydrogens is 218 g/mol. The second-order valence-corrected chi connectivity index (χ2v) is 6.49. The van der Waals surface area contributed by atoms with Crippen LogP contribution in [0.3, 0.4) is 0 Å². The maximum Gasteiger partial charge on any atom is 0.0471 e. The van der Waals surface area contributed by atoms with Crippen LogP contribution >= 0.6 is 11.8 Å². The first kappa shape index (κ1) is 14.3. The van der Waals surface area contributed by atoms with E-state index in [0.717, 1.165) is 19.8 Å². The van der Waals surface area contributed by atoms with Gasteiger partial charge in [0.25, 0.3) is 0 Å². The summed E-state index contributed by atoms with van der Waals surface area (Å²) in [5.74, 6) is 2.54.